The van der Waals surface area contributed by atoms with Crippen LogP contribution in [-0.4, -0.2) is 4.57 Å². The predicted octanol–water partition coefficient (Wildman–Crippen LogP) is 3.56. The van der Waals surface area contributed by atoms with Gasteiger partial charge in [0.05, 0.1) is 5.52 Å². The Labute approximate surface area is 86.5 Å². The van der Waals surface area contributed by atoms with Crippen LogP contribution < -0.4 is 0 Å². The van der Waals surface area contributed by atoms with Gasteiger partial charge in [-0.15, -0.1) is 0 Å². The molecule has 0 aliphatic heterocycles. The van der Waals surface area contributed by atoms with Crippen molar-refractivity contribution in [1.82, 2.24) is 4.57 Å². The van der Waals surface area contributed by atoms with E-state index in [-0.39, 0.29) is 0 Å². The van der Waals surface area contributed by atoms with Gasteiger partial charge in [0.2, 0.25) is 0 Å². The van der Waals surface area contributed by atoms with Crippen molar-refractivity contribution in [2.24, 2.45) is 7.05 Å². The summed E-state index contributed by atoms with van der Waals surface area (Å²) in [5.74, 6) is 0. The summed E-state index contributed by atoms with van der Waals surface area (Å²) in [6, 6.07) is 6.40. The molecule has 0 aliphatic carbocycles. The lowest BCUT2D eigenvalue weighted by Gasteiger charge is -2.01. The van der Waals surface area contributed by atoms with E-state index in [2.05, 4.69) is 59.6 Å². The zero-order chi connectivity index (χ0) is 9.59. The zero-order valence-corrected chi connectivity index (χ0v) is 9.64. The monoisotopic (exact) mass is 237 g/mol. The van der Waals surface area contributed by atoms with Gasteiger partial charge in [-0.2, -0.15) is 0 Å². The fourth-order valence-electron chi connectivity index (χ4n) is 1.79. The Kier molecular flexibility index (Phi) is 1.95. The number of aromatic nitrogens is 1. The highest BCUT2D eigenvalue weighted by atomic mass is 79.9. The van der Waals surface area contributed by atoms with Crippen LogP contribution in [0.2, 0.25) is 0 Å². The minimum atomic E-state index is 1.22. The van der Waals surface area contributed by atoms with Crippen LogP contribution in [0.1, 0.15) is 11.3 Å². The number of benzene rings is 1. The summed E-state index contributed by atoms with van der Waals surface area (Å²) in [5, 5.41) is 1.31. The predicted molar refractivity (Wildman–Crippen MR) is 60.1 cm³/mol. The lowest BCUT2D eigenvalue weighted by atomic mass is 10.2. The van der Waals surface area contributed by atoms with Gasteiger partial charge in [-0.1, -0.05) is 18.2 Å². The minimum Gasteiger partial charge on any atom is -0.347 e. The molecule has 13 heavy (non-hydrogen) atoms. The molecule has 1 nitrogen and oxygen atoms in total. The number of rotatable bonds is 0. The number of hydrogen-bond donors (Lipinski definition) is 0. The van der Waals surface area contributed by atoms with Gasteiger partial charge >= 0.3 is 0 Å². The number of para-hydroxylation sites is 1. The van der Waals surface area contributed by atoms with Crippen LogP contribution in [0.4, 0.5) is 0 Å². The largest absolute Gasteiger partial charge is 0.347 e. The Morgan fingerprint density at radius 3 is 2.54 bits per heavy atom. The van der Waals surface area contributed by atoms with E-state index in [1.54, 1.807) is 0 Å². The molecule has 0 bridgehead atoms. The summed E-state index contributed by atoms with van der Waals surface area (Å²) >= 11 is 3.61. The molecule has 0 amide bonds. The second-order valence-electron chi connectivity index (χ2n) is 3.43. The van der Waals surface area contributed by atoms with E-state index in [1.165, 1.54) is 26.6 Å². The molecule has 2 heteroatoms. The highest BCUT2D eigenvalue weighted by molar-refractivity contribution is 9.10. The maximum absolute atomic E-state index is 3.61. The van der Waals surface area contributed by atoms with Crippen LogP contribution in [-0.2, 0) is 7.05 Å². The molecule has 0 atom stereocenters. The molecule has 0 fully saturated rings. The van der Waals surface area contributed by atoms with E-state index >= 15 is 0 Å². The van der Waals surface area contributed by atoms with Gasteiger partial charge in [0, 0.05) is 22.6 Å². The molecule has 1 aromatic carbocycles. The van der Waals surface area contributed by atoms with Crippen molar-refractivity contribution in [2.45, 2.75) is 13.8 Å². The molecule has 0 aliphatic rings. The van der Waals surface area contributed by atoms with E-state index in [0.717, 1.165) is 0 Å². The van der Waals surface area contributed by atoms with Crippen LogP contribution in [0.3, 0.4) is 0 Å². The highest BCUT2D eigenvalue weighted by Gasteiger charge is 2.09. The highest BCUT2D eigenvalue weighted by Crippen LogP contribution is 2.31. The Hall–Kier alpha value is -0.760. The average molecular weight is 238 g/mol. The lowest BCUT2D eigenvalue weighted by molar-refractivity contribution is 0.910. The van der Waals surface area contributed by atoms with Gasteiger partial charge in [0.1, 0.15) is 0 Å². The molecule has 1 heterocycles. The summed E-state index contributed by atoms with van der Waals surface area (Å²) in [7, 11) is 2.11. The molecule has 0 N–H and O–H groups in total. The van der Waals surface area contributed by atoms with E-state index in [4.69, 9.17) is 0 Å². The van der Waals surface area contributed by atoms with E-state index in [0.29, 0.717) is 0 Å². The maximum atomic E-state index is 3.61. The molecule has 0 saturated heterocycles. The van der Waals surface area contributed by atoms with Crippen molar-refractivity contribution in [1.29, 1.82) is 0 Å². The first-order valence-corrected chi connectivity index (χ1v) is 5.12. The van der Waals surface area contributed by atoms with Crippen molar-refractivity contribution in [3.63, 3.8) is 0 Å². The number of halogens is 1. The second-order valence-corrected chi connectivity index (χ2v) is 4.22. The molecular formula is C11H12BrN. The summed E-state index contributed by atoms with van der Waals surface area (Å²) in [6.07, 6.45) is 0. The standard InChI is InChI=1S/C11H12BrN/c1-7-5-4-6-9-10(12)8(2)13(3)11(7)9/h4-6H,1-3H3. The van der Waals surface area contributed by atoms with Crippen molar-refractivity contribution >= 4 is 26.8 Å². The lowest BCUT2D eigenvalue weighted by Crippen LogP contribution is -1.91. The summed E-state index contributed by atoms with van der Waals surface area (Å²) in [4.78, 5) is 0. The quantitative estimate of drug-likeness (QED) is 0.661. The molecule has 0 spiro atoms. The molecule has 2 aromatic rings. The molecule has 68 valence electrons. The fourth-order valence-corrected chi connectivity index (χ4v) is 2.38. The first-order valence-electron chi connectivity index (χ1n) is 4.33. The van der Waals surface area contributed by atoms with E-state index < -0.39 is 0 Å². The third-order valence-electron chi connectivity index (χ3n) is 2.63. The summed E-state index contributed by atoms with van der Waals surface area (Å²) in [5.41, 5.74) is 3.94. The van der Waals surface area contributed by atoms with Gasteiger partial charge in [0.25, 0.3) is 0 Å². The number of nitrogens with zero attached hydrogens (tertiary/aromatic N) is 1. The van der Waals surface area contributed by atoms with E-state index in [9.17, 15) is 0 Å². The normalized spacial score (nSPS) is 11.1. The molecule has 2 rings (SSSR count). The third kappa shape index (κ3) is 1.12. The van der Waals surface area contributed by atoms with E-state index in [1.807, 2.05) is 0 Å². The topological polar surface area (TPSA) is 4.93 Å². The maximum Gasteiger partial charge on any atom is 0.0521 e. The van der Waals surface area contributed by atoms with Crippen LogP contribution in [0.25, 0.3) is 10.9 Å². The number of fused-ring (bicyclic) bond motifs is 1. The Bertz CT molecular complexity index is 468. The van der Waals surface area contributed by atoms with Gasteiger partial charge in [-0.25, -0.2) is 0 Å². The first kappa shape index (κ1) is 8.82. The van der Waals surface area contributed by atoms with Gasteiger partial charge in [0.15, 0.2) is 0 Å². The second kappa shape index (κ2) is 2.88. The minimum absolute atomic E-state index is 1.22. The van der Waals surface area contributed by atoms with Crippen LogP contribution >= 0.6 is 15.9 Å². The smallest absolute Gasteiger partial charge is 0.0521 e. The third-order valence-corrected chi connectivity index (χ3v) is 3.63. The molecule has 0 unspecified atom stereocenters. The average Bonchev–Trinajstić information content (AvgIpc) is 2.33. The van der Waals surface area contributed by atoms with Crippen molar-refractivity contribution in [3.8, 4) is 0 Å². The van der Waals surface area contributed by atoms with Crippen molar-refractivity contribution in [2.75, 3.05) is 0 Å². The Balaban J connectivity index is 3.03. The van der Waals surface area contributed by atoms with Gasteiger partial charge in [-0.05, 0) is 35.3 Å². The zero-order valence-electron chi connectivity index (χ0n) is 8.06. The van der Waals surface area contributed by atoms with Crippen LogP contribution in [0, 0.1) is 13.8 Å². The number of aryl methyl sites for hydroxylation is 2. The summed E-state index contributed by atoms with van der Waals surface area (Å²) in [6.45, 7) is 4.28. The molecule has 1 aromatic heterocycles. The summed E-state index contributed by atoms with van der Waals surface area (Å²) < 4.78 is 3.45. The Morgan fingerprint density at radius 2 is 1.92 bits per heavy atom. The van der Waals surface area contributed by atoms with Crippen molar-refractivity contribution < 1.29 is 0 Å². The van der Waals surface area contributed by atoms with Crippen molar-refractivity contribution in [3.05, 3.63) is 33.9 Å². The molecule has 0 radical (unpaired) electrons. The Morgan fingerprint density at radius 1 is 1.23 bits per heavy atom. The SMILES string of the molecule is Cc1cccc2c(Br)c(C)n(C)c12. The fraction of sp³-hybridized carbons (Fsp3) is 0.273. The molecular weight excluding hydrogens is 226 g/mol. The number of hydrogen-bond acceptors (Lipinski definition) is 0. The van der Waals surface area contributed by atoms with Crippen LogP contribution in [0.5, 0.6) is 0 Å². The van der Waals surface area contributed by atoms with Gasteiger partial charge in [-0.3, -0.25) is 0 Å². The van der Waals surface area contributed by atoms with Gasteiger partial charge < -0.3 is 4.57 Å². The molecule has 0 saturated carbocycles. The first-order chi connectivity index (χ1) is 6.13. The van der Waals surface area contributed by atoms with Crippen LogP contribution in [0.15, 0.2) is 22.7 Å².